The monoisotopic (exact) mass is 394 g/mol. The van der Waals surface area contributed by atoms with Crippen LogP contribution >= 0.6 is 22.6 Å². The number of halogens is 1. The van der Waals surface area contributed by atoms with Crippen LogP contribution in [0.3, 0.4) is 0 Å². The van der Waals surface area contributed by atoms with Crippen LogP contribution < -0.4 is 10.6 Å². The highest BCUT2D eigenvalue weighted by molar-refractivity contribution is 14.1. The fourth-order valence-electron chi connectivity index (χ4n) is 1.88. The minimum absolute atomic E-state index is 0.113. The summed E-state index contributed by atoms with van der Waals surface area (Å²) < 4.78 is 1.14. The highest BCUT2D eigenvalue weighted by Crippen LogP contribution is 2.23. The maximum absolute atomic E-state index is 11.9. The zero-order chi connectivity index (χ0) is 15.5. The van der Waals surface area contributed by atoms with Crippen molar-refractivity contribution in [2.24, 2.45) is 0 Å². The Morgan fingerprint density at radius 3 is 1.71 bits per heavy atom. The first kappa shape index (κ1) is 15.8. The van der Waals surface area contributed by atoms with Gasteiger partial charge in [0.1, 0.15) is 0 Å². The highest BCUT2D eigenvalue weighted by Gasteiger charge is 2.13. The van der Waals surface area contributed by atoms with Crippen LogP contribution in [0.1, 0.15) is 26.3 Å². The molecule has 3 nitrogen and oxygen atoms in total. The third kappa shape index (κ3) is 4.74. The molecule has 0 aliphatic carbocycles. The lowest BCUT2D eigenvalue weighted by Crippen LogP contribution is -2.19. The van der Waals surface area contributed by atoms with Crippen LogP contribution in [0, 0.1) is 3.57 Å². The molecule has 0 fully saturated rings. The molecule has 0 saturated carbocycles. The van der Waals surface area contributed by atoms with Crippen molar-refractivity contribution in [3.63, 3.8) is 0 Å². The molecule has 4 heteroatoms. The zero-order valence-corrected chi connectivity index (χ0v) is 14.6. The number of carbonyl (C=O) groups is 1. The Kier molecular flexibility index (Phi) is 4.88. The topological polar surface area (TPSA) is 41.1 Å². The first-order valence-electron chi connectivity index (χ1n) is 6.79. The van der Waals surface area contributed by atoms with Crippen molar-refractivity contribution < 1.29 is 4.79 Å². The van der Waals surface area contributed by atoms with Crippen LogP contribution in [0.15, 0.2) is 48.5 Å². The van der Waals surface area contributed by atoms with Gasteiger partial charge in [0, 0.05) is 14.9 Å². The number of nitrogens with one attached hydrogen (secondary N) is 2. The molecular weight excluding hydrogens is 375 g/mol. The Morgan fingerprint density at radius 1 is 0.857 bits per heavy atom. The Labute approximate surface area is 139 Å². The van der Waals surface area contributed by atoms with Crippen molar-refractivity contribution >= 4 is 40.0 Å². The molecular formula is C17H19IN2O. The first-order valence-corrected chi connectivity index (χ1v) is 7.86. The average Bonchev–Trinajstić information content (AvgIpc) is 2.41. The van der Waals surface area contributed by atoms with E-state index in [0.717, 1.165) is 14.9 Å². The molecule has 2 aromatic carbocycles. The van der Waals surface area contributed by atoms with E-state index in [4.69, 9.17) is 0 Å². The van der Waals surface area contributed by atoms with E-state index in [1.54, 1.807) is 0 Å². The molecule has 2 aromatic rings. The number of urea groups is 1. The summed E-state index contributed by atoms with van der Waals surface area (Å²) in [4.78, 5) is 11.9. The molecule has 2 N–H and O–H groups in total. The lowest BCUT2D eigenvalue weighted by atomic mass is 9.87. The Hall–Kier alpha value is -1.56. The van der Waals surface area contributed by atoms with Crippen LogP contribution in [0.4, 0.5) is 16.2 Å². The van der Waals surface area contributed by atoms with Crippen molar-refractivity contribution in [2.75, 3.05) is 10.6 Å². The predicted molar refractivity (Wildman–Crippen MR) is 96.9 cm³/mol. The zero-order valence-electron chi connectivity index (χ0n) is 12.4. The van der Waals surface area contributed by atoms with Gasteiger partial charge in [-0.2, -0.15) is 0 Å². The molecule has 0 aliphatic heterocycles. The lowest BCUT2D eigenvalue weighted by molar-refractivity contribution is 0.262. The van der Waals surface area contributed by atoms with Crippen LogP contribution in [-0.4, -0.2) is 6.03 Å². The van der Waals surface area contributed by atoms with Gasteiger partial charge >= 0.3 is 6.03 Å². The first-order chi connectivity index (χ1) is 9.84. The Morgan fingerprint density at radius 2 is 1.29 bits per heavy atom. The maximum atomic E-state index is 11.9. The molecule has 0 aromatic heterocycles. The SMILES string of the molecule is CC(C)(C)c1ccc(NC(=O)Nc2ccc(I)cc2)cc1. The summed E-state index contributed by atoms with van der Waals surface area (Å²) >= 11 is 2.23. The van der Waals surface area contributed by atoms with Gasteiger partial charge in [0.05, 0.1) is 0 Å². The molecule has 110 valence electrons. The Bertz CT molecular complexity index is 613. The molecule has 0 radical (unpaired) electrons. The standard InChI is InChI=1S/C17H19IN2O/c1-17(2,3)12-4-8-14(9-5-12)19-16(21)20-15-10-6-13(18)7-11-15/h4-11H,1-3H3,(H2,19,20,21). The number of hydrogen-bond donors (Lipinski definition) is 2. The quantitative estimate of drug-likeness (QED) is 0.673. The van der Waals surface area contributed by atoms with Gasteiger partial charge in [0.15, 0.2) is 0 Å². The lowest BCUT2D eigenvalue weighted by Gasteiger charge is -2.19. The Balaban J connectivity index is 1.98. The molecule has 21 heavy (non-hydrogen) atoms. The third-order valence-corrected chi connectivity index (χ3v) is 3.83. The van der Waals surface area contributed by atoms with Gasteiger partial charge in [-0.05, 0) is 70.0 Å². The average molecular weight is 394 g/mol. The van der Waals surface area contributed by atoms with Crippen LogP contribution in [0.5, 0.6) is 0 Å². The summed E-state index contributed by atoms with van der Waals surface area (Å²) in [6.07, 6.45) is 0. The molecule has 0 saturated heterocycles. The minimum Gasteiger partial charge on any atom is -0.308 e. The van der Waals surface area contributed by atoms with E-state index in [1.165, 1.54) is 5.56 Å². The molecule has 0 spiro atoms. The van der Waals surface area contributed by atoms with Crippen molar-refractivity contribution in [3.8, 4) is 0 Å². The highest BCUT2D eigenvalue weighted by atomic mass is 127. The van der Waals surface area contributed by atoms with E-state index in [0.29, 0.717) is 0 Å². The molecule has 0 atom stereocenters. The number of benzene rings is 2. The van der Waals surface area contributed by atoms with E-state index in [9.17, 15) is 4.79 Å². The second kappa shape index (κ2) is 6.47. The number of amides is 2. The summed E-state index contributed by atoms with van der Waals surface area (Å²) in [5, 5.41) is 5.64. The second-order valence-electron chi connectivity index (χ2n) is 5.91. The van der Waals surface area contributed by atoms with Crippen molar-refractivity contribution in [1.29, 1.82) is 0 Å². The molecule has 0 bridgehead atoms. The number of carbonyl (C=O) groups excluding carboxylic acids is 1. The largest absolute Gasteiger partial charge is 0.323 e. The van der Waals surface area contributed by atoms with Gasteiger partial charge in [0.25, 0.3) is 0 Å². The van der Waals surface area contributed by atoms with E-state index < -0.39 is 0 Å². The van der Waals surface area contributed by atoms with Crippen molar-refractivity contribution in [1.82, 2.24) is 0 Å². The van der Waals surface area contributed by atoms with Gasteiger partial charge in [-0.1, -0.05) is 32.9 Å². The summed E-state index contributed by atoms with van der Waals surface area (Å²) in [5.74, 6) is 0. The van der Waals surface area contributed by atoms with E-state index in [2.05, 4.69) is 54.0 Å². The van der Waals surface area contributed by atoms with Gasteiger partial charge in [-0.3, -0.25) is 0 Å². The molecule has 2 rings (SSSR count). The fourth-order valence-corrected chi connectivity index (χ4v) is 2.24. The summed E-state index contributed by atoms with van der Waals surface area (Å²) in [6.45, 7) is 6.50. The van der Waals surface area contributed by atoms with Crippen LogP contribution in [-0.2, 0) is 5.41 Å². The minimum atomic E-state index is -0.236. The number of hydrogen-bond acceptors (Lipinski definition) is 1. The van der Waals surface area contributed by atoms with E-state index in [1.807, 2.05) is 48.5 Å². The maximum Gasteiger partial charge on any atom is 0.323 e. The summed E-state index contributed by atoms with van der Waals surface area (Å²) in [5.41, 5.74) is 2.92. The summed E-state index contributed by atoms with van der Waals surface area (Å²) in [7, 11) is 0. The van der Waals surface area contributed by atoms with E-state index >= 15 is 0 Å². The van der Waals surface area contributed by atoms with Crippen molar-refractivity contribution in [2.45, 2.75) is 26.2 Å². The van der Waals surface area contributed by atoms with Crippen molar-refractivity contribution in [3.05, 3.63) is 57.7 Å². The van der Waals surface area contributed by atoms with Gasteiger partial charge in [-0.25, -0.2) is 4.79 Å². The number of rotatable bonds is 2. The molecule has 2 amide bonds. The summed E-state index contributed by atoms with van der Waals surface area (Å²) in [6, 6.07) is 15.4. The second-order valence-corrected chi connectivity index (χ2v) is 7.16. The molecule has 0 heterocycles. The van der Waals surface area contributed by atoms with Crippen LogP contribution in [0.25, 0.3) is 0 Å². The van der Waals surface area contributed by atoms with Gasteiger partial charge in [-0.15, -0.1) is 0 Å². The fraction of sp³-hybridized carbons (Fsp3) is 0.235. The van der Waals surface area contributed by atoms with Gasteiger partial charge < -0.3 is 10.6 Å². The molecule has 0 unspecified atom stereocenters. The van der Waals surface area contributed by atoms with E-state index in [-0.39, 0.29) is 11.4 Å². The van der Waals surface area contributed by atoms with Crippen LogP contribution in [0.2, 0.25) is 0 Å². The third-order valence-electron chi connectivity index (χ3n) is 3.11. The smallest absolute Gasteiger partial charge is 0.308 e. The number of anilines is 2. The normalized spacial score (nSPS) is 11.0. The predicted octanol–water partition coefficient (Wildman–Crippen LogP) is 5.23. The molecule has 0 aliphatic rings. The van der Waals surface area contributed by atoms with Gasteiger partial charge in [0.2, 0.25) is 0 Å².